The number of nitrogens with one attached hydrogen (secondary N) is 1. The molecule has 0 spiro atoms. The quantitative estimate of drug-likeness (QED) is 0.589. The molecule has 158 valence electrons. The van der Waals surface area contributed by atoms with Crippen LogP contribution in [0.4, 0.5) is 0 Å². The molecular formula is C24H27NO4S. The minimum Gasteiger partial charge on any atom is -0.497 e. The second kappa shape index (κ2) is 7.93. The molecule has 0 saturated carbocycles. The van der Waals surface area contributed by atoms with Gasteiger partial charge in [-0.05, 0) is 53.9 Å². The van der Waals surface area contributed by atoms with E-state index >= 15 is 0 Å². The van der Waals surface area contributed by atoms with Crippen LogP contribution in [0.25, 0.3) is 10.8 Å². The van der Waals surface area contributed by atoms with E-state index in [-0.39, 0.29) is 16.5 Å². The number of methoxy groups -OCH3 is 1. The van der Waals surface area contributed by atoms with Crippen LogP contribution in [0, 0.1) is 0 Å². The Hall–Kier alpha value is -2.57. The van der Waals surface area contributed by atoms with Gasteiger partial charge < -0.3 is 9.47 Å². The number of para-hydroxylation sites is 1. The van der Waals surface area contributed by atoms with Crippen molar-refractivity contribution < 1.29 is 17.9 Å². The van der Waals surface area contributed by atoms with Gasteiger partial charge in [-0.1, -0.05) is 44.2 Å². The van der Waals surface area contributed by atoms with Crippen molar-refractivity contribution in [1.82, 2.24) is 4.72 Å². The van der Waals surface area contributed by atoms with Gasteiger partial charge in [-0.25, -0.2) is 13.1 Å². The van der Waals surface area contributed by atoms with Gasteiger partial charge in [-0.3, -0.25) is 0 Å². The molecular weight excluding hydrogens is 398 g/mol. The average molecular weight is 426 g/mol. The van der Waals surface area contributed by atoms with Gasteiger partial charge in [0.2, 0.25) is 10.0 Å². The van der Waals surface area contributed by atoms with Crippen LogP contribution in [0.3, 0.4) is 0 Å². The third-order valence-corrected chi connectivity index (χ3v) is 7.58. The van der Waals surface area contributed by atoms with Gasteiger partial charge in [-0.2, -0.15) is 0 Å². The van der Waals surface area contributed by atoms with Crippen molar-refractivity contribution in [2.45, 2.75) is 49.6 Å². The molecule has 6 heteroatoms. The van der Waals surface area contributed by atoms with Gasteiger partial charge in [0.15, 0.2) is 0 Å². The van der Waals surface area contributed by atoms with E-state index in [0.717, 1.165) is 40.7 Å². The molecule has 1 N–H and O–H groups in total. The van der Waals surface area contributed by atoms with E-state index in [0.29, 0.717) is 6.42 Å². The first-order chi connectivity index (χ1) is 14.4. The Labute approximate surface area is 178 Å². The van der Waals surface area contributed by atoms with E-state index in [4.69, 9.17) is 9.47 Å². The molecule has 0 unspecified atom stereocenters. The van der Waals surface area contributed by atoms with Gasteiger partial charge in [0.05, 0.1) is 18.0 Å². The first kappa shape index (κ1) is 20.7. The lowest BCUT2D eigenvalue weighted by Gasteiger charge is -2.41. The highest BCUT2D eigenvalue weighted by atomic mass is 32.2. The summed E-state index contributed by atoms with van der Waals surface area (Å²) in [5, 5.41) is 1.78. The number of rotatable bonds is 6. The maximum Gasteiger partial charge on any atom is 0.241 e. The first-order valence-electron chi connectivity index (χ1n) is 10.3. The summed E-state index contributed by atoms with van der Waals surface area (Å²) in [5.74, 6) is 1.50. The van der Waals surface area contributed by atoms with Gasteiger partial charge in [-0.15, -0.1) is 0 Å². The smallest absolute Gasteiger partial charge is 0.241 e. The highest BCUT2D eigenvalue weighted by Crippen LogP contribution is 2.43. The molecule has 0 saturated heterocycles. The average Bonchev–Trinajstić information content (AvgIpc) is 2.77. The second-order valence-corrected chi connectivity index (χ2v) is 9.50. The monoisotopic (exact) mass is 425 g/mol. The Kier molecular flexibility index (Phi) is 5.47. The zero-order valence-electron chi connectivity index (χ0n) is 17.5. The summed E-state index contributed by atoms with van der Waals surface area (Å²) in [6.07, 6.45) is 2.22. The van der Waals surface area contributed by atoms with Crippen LogP contribution in [0.1, 0.15) is 44.7 Å². The summed E-state index contributed by atoms with van der Waals surface area (Å²) in [6, 6.07) is 18.1. The summed E-state index contributed by atoms with van der Waals surface area (Å²) in [5.41, 5.74) is 0.505. The number of hydrogen-bond donors (Lipinski definition) is 1. The number of benzene rings is 3. The van der Waals surface area contributed by atoms with Crippen molar-refractivity contribution in [2.24, 2.45) is 0 Å². The summed E-state index contributed by atoms with van der Waals surface area (Å²) in [4.78, 5) is 0.253. The topological polar surface area (TPSA) is 64.6 Å². The lowest BCUT2D eigenvalue weighted by Crippen LogP contribution is -2.44. The van der Waals surface area contributed by atoms with E-state index in [1.54, 1.807) is 19.2 Å². The van der Waals surface area contributed by atoms with Crippen LogP contribution in [0.15, 0.2) is 65.6 Å². The maximum absolute atomic E-state index is 13.3. The molecule has 1 aliphatic heterocycles. The van der Waals surface area contributed by atoms with Gasteiger partial charge >= 0.3 is 0 Å². The normalized spacial score (nSPS) is 17.9. The summed E-state index contributed by atoms with van der Waals surface area (Å²) in [7, 11) is -2.10. The predicted molar refractivity (Wildman–Crippen MR) is 119 cm³/mol. The number of hydrogen-bond acceptors (Lipinski definition) is 4. The molecule has 0 fully saturated rings. The van der Waals surface area contributed by atoms with Crippen LogP contribution >= 0.6 is 0 Å². The number of sulfonamides is 1. The SMILES string of the molecule is CCC1(CC)C[C@H](NS(=O)(=O)c2ccc3cc(OC)ccc3c2)c2ccccc2O1. The zero-order valence-corrected chi connectivity index (χ0v) is 18.3. The summed E-state index contributed by atoms with van der Waals surface area (Å²) in [6.45, 7) is 4.17. The first-order valence-corrected chi connectivity index (χ1v) is 11.8. The van der Waals surface area contributed by atoms with Crippen molar-refractivity contribution in [1.29, 1.82) is 0 Å². The minimum atomic E-state index is -3.71. The predicted octanol–water partition coefficient (Wildman–Crippen LogP) is 5.21. The second-order valence-electron chi connectivity index (χ2n) is 7.78. The Balaban J connectivity index is 1.69. The highest BCUT2D eigenvalue weighted by Gasteiger charge is 2.40. The van der Waals surface area contributed by atoms with Crippen molar-refractivity contribution in [3.63, 3.8) is 0 Å². The third kappa shape index (κ3) is 3.77. The molecule has 3 aromatic carbocycles. The highest BCUT2D eigenvalue weighted by molar-refractivity contribution is 7.89. The van der Waals surface area contributed by atoms with E-state index in [9.17, 15) is 8.42 Å². The zero-order chi connectivity index (χ0) is 21.4. The number of ether oxygens (including phenoxy) is 2. The van der Waals surface area contributed by atoms with Gasteiger partial charge in [0, 0.05) is 12.0 Å². The molecule has 0 amide bonds. The van der Waals surface area contributed by atoms with Gasteiger partial charge in [0.1, 0.15) is 17.1 Å². The van der Waals surface area contributed by atoms with Crippen LogP contribution in [-0.4, -0.2) is 21.1 Å². The lowest BCUT2D eigenvalue weighted by atomic mass is 9.84. The fourth-order valence-corrected chi connectivity index (χ4v) is 5.41. The van der Waals surface area contributed by atoms with E-state index in [2.05, 4.69) is 18.6 Å². The van der Waals surface area contributed by atoms with Crippen LogP contribution in [0.5, 0.6) is 11.5 Å². The largest absolute Gasteiger partial charge is 0.497 e. The Bertz CT molecular complexity index is 1170. The summed E-state index contributed by atoms with van der Waals surface area (Å²) >= 11 is 0. The molecule has 0 bridgehead atoms. The molecule has 5 nitrogen and oxygen atoms in total. The Morgan fingerprint density at radius 1 is 1.03 bits per heavy atom. The van der Waals surface area contributed by atoms with Crippen molar-refractivity contribution in [3.8, 4) is 11.5 Å². The minimum absolute atomic E-state index is 0.253. The van der Waals surface area contributed by atoms with Gasteiger partial charge in [0.25, 0.3) is 0 Å². The van der Waals surface area contributed by atoms with Crippen molar-refractivity contribution in [3.05, 3.63) is 66.2 Å². The molecule has 1 aliphatic rings. The third-order valence-electron chi connectivity index (χ3n) is 6.11. The molecule has 1 heterocycles. The molecule has 0 radical (unpaired) electrons. The van der Waals surface area contributed by atoms with Crippen LogP contribution in [0.2, 0.25) is 0 Å². The molecule has 4 rings (SSSR count). The summed E-state index contributed by atoms with van der Waals surface area (Å²) < 4.78 is 41.1. The van der Waals surface area contributed by atoms with Crippen molar-refractivity contribution >= 4 is 20.8 Å². The molecule has 30 heavy (non-hydrogen) atoms. The molecule has 3 aromatic rings. The molecule has 1 atom stereocenters. The fraction of sp³-hybridized carbons (Fsp3) is 0.333. The fourth-order valence-electron chi connectivity index (χ4n) is 4.16. The Morgan fingerprint density at radius 3 is 2.47 bits per heavy atom. The lowest BCUT2D eigenvalue weighted by molar-refractivity contribution is 0.0260. The standard InChI is InChI=1S/C24H27NO4S/c1-4-24(5-2)16-22(21-8-6-7-9-23(21)29-24)25-30(26,27)20-13-11-17-14-19(28-3)12-10-18(17)15-20/h6-15,22,25H,4-5,16H2,1-3H3/t22-/m0/s1. The maximum atomic E-state index is 13.3. The molecule has 0 aromatic heterocycles. The van der Waals surface area contributed by atoms with E-state index in [1.165, 1.54) is 0 Å². The van der Waals surface area contributed by atoms with Crippen LogP contribution < -0.4 is 14.2 Å². The Morgan fingerprint density at radius 2 is 1.73 bits per heavy atom. The van der Waals surface area contributed by atoms with E-state index in [1.807, 2.05) is 48.5 Å². The number of fused-ring (bicyclic) bond motifs is 2. The van der Waals surface area contributed by atoms with Crippen molar-refractivity contribution in [2.75, 3.05) is 7.11 Å². The molecule has 0 aliphatic carbocycles. The van der Waals surface area contributed by atoms with Crippen LogP contribution in [-0.2, 0) is 10.0 Å². The van der Waals surface area contributed by atoms with E-state index < -0.39 is 10.0 Å².